The first-order valence-electron chi connectivity index (χ1n) is 2.63. The van der Waals surface area contributed by atoms with E-state index in [4.69, 9.17) is 23.6 Å². The second-order valence-corrected chi connectivity index (χ2v) is 3.13. The van der Waals surface area contributed by atoms with E-state index in [9.17, 15) is 4.79 Å². The van der Waals surface area contributed by atoms with Gasteiger partial charge in [0.25, 0.3) is 0 Å². The zero-order valence-electron chi connectivity index (χ0n) is 6.02. The number of carbonyl (C=O) groups is 1. The zero-order valence-corrected chi connectivity index (χ0v) is 7.53. The molecule has 3 nitrogen and oxygen atoms in total. The van der Waals surface area contributed by atoms with Gasteiger partial charge in [0.2, 0.25) is 0 Å². The van der Waals surface area contributed by atoms with Gasteiger partial charge in [-0.15, -0.1) is 3.94 Å². The lowest BCUT2D eigenvalue weighted by Gasteiger charge is -2.23. The summed E-state index contributed by atoms with van der Waals surface area (Å²) in [6, 6.07) is 0. The Labute approximate surface area is 70.1 Å². The van der Waals surface area contributed by atoms with Crippen molar-refractivity contribution in [1.82, 2.24) is 3.94 Å². The minimum Gasteiger partial charge on any atom is -0.468 e. The molecular weight excluding hydrogens is 177 g/mol. The molecule has 0 atom stereocenters. The third-order valence-electron chi connectivity index (χ3n) is 1.11. The zero-order chi connectivity index (χ0) is 8.36. The monoisotopic (exact) mass is 185 g/mol. The van der Waals surface area contributed by atoms with E-state index in [1.807, 2.05) is 0 Å². The molecule has 0 bridgehead atoms. The van der Waals surface area contributed by atoms with Crippen LogP contribution < -0.4 is 0 Å². The maximum absolute atomic E-state index is 10.8. The van der Waals surface area contributed by atoms with Crippen molar-refractivity contribution in [3.05, 3.63) is 0 Å². The Balaban J connectivity index is 4.24. The van der Waals surface area contributed by atoms with Crippen LogP contribution >= 0.6 is 23.6 Å². The fourth-order valence-corrected chi connectivity index (χ4v) is 0.457. The predicted molar refractivity (Wildman–Crippen MR) is 39.6 cm³/mol. The number of ether oxygens (including phenoxy) is 1. The summed E-state index contributed by atoms with van der Waals surface area (Å²) in [6.45, 7) is 3.11. The Morgan fingerprint density at radius 2 is 1.90 bits per heavy atom. The molecule has 0 saturated heterocycles. The number of hydrogen-bond donors (Lipinski definition) is 0. The van der Waals surface area contributed by atoms with E-state index in [-0.39, 0.29) is 0 Å². The van der Waals surface area contributed by atoms with E-state index in [1.54, 1.807) is 13.8 Å². The van der Waals surface area contributed by atoms with Crippen LogP contribution in [0.5, 0.6) is 0 Å². The van der Waals surface area contributed by atoms with Crippen molar-refractivity contribution < 1.29 is 9.53 Å². The third-order valence-corrected chi connectivity index (χ3v) is 1.95. The lowest BCUT2D eigenvalue weighted by Crippen LogP contribution is -2.41. The van der Waals surface area contributed by atoms with Crippen molar-refractivity contribution >= 4 is 29.5 Å². The fraction of sp³-hybridized carbons (Fsp3) is 0.800. The molecule has 60 valence electrons. The van der Waals surface area contributed by atoms with Gasteiger partial charge in [0.1, 0.15) is 5.54 Å². The van der Waals surface area contributed by atoms with Crippen LogP contribution in [0.1, 0.15) is 13.8 Å². The van der Waals surface area contributed by atoms with Crippen LogP contribution in [0.2, 0.25) is 0 Å². The topological polar surface area (TPSA) is 29.5 Å². The molecule has 0 N–H and O–H groups in total. The smallest absolute Gasteiger partial charge is 0.328 e. The summed E-state index contributed by atoms with van der Waals surface area (Å²) >= 11 is 10.7. The third kappa shape index (κ3) is 2.01. The lowest BCUT2D eigenvalue weighted by molar-refractivity contribution is -0.148. The van der Waals surface area contributed by atoms with Crippen molar-refractivity contribution in [3.63, 3.8) is 0 Å². The number of hydrogen-bond acceptors (Lipinski definition) is 3. The van der Waals surface area contributed by atoms with E-state index in [1.165, 1.54) is 7.11 Å². The molecule has 0 amide bonds. The quantitative estimate of drug-likeness (QED) is 0.484. The Bertz CT molecular complexity index is 136. The minimum atomic E-state index is -0.988. The molecule has 0 aliphatic heterocycles. The number of methoxy groups -OCH3 is 1. The number of carbonyl (C=O) groups excluding carboxylic acids is 1. The largest absolute Gasteiger partial charge is 0.468 e. The van der Waals surface area contributed by atoms with Crippen molar-refractivity contribution in [1.29, 1.82) is 0 Å². The van der Waals surface area contributed by atoms with Gasteiger partial charge in [-0.25, -0.2) is 4.79 Å². The molecule has 0 aromatic rings. The average Bonchev–Trinajstić information content (AvgIpc) is 1.86. The fourth-order valence-electron chi connectivity index (χ4n) is 0.319. The van der Waals surface area contributed by atoms with Gasteiger partial charge in [0.15, 0.2) is 0 Å². The van der Waals surface area contributed by atoms with Gasteiger partial charge < -0.3 is 4.74 Å². The highest BCUT2D eigenvalue weighted by atomic mass is 35.5. The number of esters is 1. The highest BCUT2D eigenvalue weighted by Crippen LogP contribution is 2.20. The Morgan fingerprint density at radius 3 is 2.00 bits per heavy atom. The van der Waals surface area contributed by atoms with Crippen LogP contribution in [-0.2, 0) is 9.53 Å². The Morgan fingerprint density at radius 1 is 1.50 bits per heavy atom. The highest BCUT2D eigenvalue weighted by molar-refractivity contribution is 6.35. The molecule has 0 rings (SSSR count). The van der Waals surface area contributed by atoms with Crippen LogP contribution in [0.25, 0.3) is 0 Å². The molecule has 0 unspecified atom stereocenters. The molecule has 0 aliphatic rings. The van der Waals surface area contributed by atoms with E-state index in [2.05, 4.69) is 4.74 Å². The SMILES string of the molecule is COC(=O)C(C)(C)N(Cl)Cl. The van der Waals surface area contributed by atoms with Gasteiger partial charge in [0, 0.05) is 0 Å². The standard InChI is InChI=1S/C5H9Cl2NO2/c1-5(2,8(6)7)4(9)10-3/h1-3H3. The maximum Gasteiger partial charge on any atom is 0.328 e. The van der Waals surface area contributed by atoms with Gasteiger partial charge in [0.05, 0.1) is 7.11 Å². The maximum atomic E-state index is 10.8. The van der Waals surface area contributed by atoms with Crippen LogP contribution in [0, 0.1) is 0 Å². The van der Waals surface area contributed by atoms with Crippen LogP contribution in [-0.4, -0.2) is 22.6 Å². The van der Waals surface area contributed by atoms with E-state index in [0.29, 0.717) is 0 Å². The molecule has 0 heterocycles. The molecule has 0 spiro atoms. The normalized spacial score (nSPS) is 11.8. The van der Waals surface area contributed by atoms with Crippen molar-refractivity contribution in [3.8, 4) is 0 Å². The van der Waals surface area contributed by atoms with E-state index >= 15 is 0 Å². The van der Waals surface area contributed by atoms with Gasteiger partial charge in [-0.05, 0) is 37.4 Å². The van der Waals surface area contributed by atoms with E-state index in [0.717, 1.165) is 3.94 Å². The first-order valence-corrected chi connectivity index (χ1v) is 3.30. The van der Waals surface area contributed by atoms with Gasteiger partial charge in [-0.2, -0.15) is 0 Å². The molecule has 0 saturated carbocycles. The number of nitrogens with zero attached hydrogens (tertiary/aromatic N) is 1. The van der Waals surface area contributed by atoms with Gasteiger partial charge in [-0.1, -0.05) is 0 Å². The summed E-state index contributed by atoms with van der Waals surface area (Å²) in [5.74, 6) is -0.475. The van der Waals surface area contributed by atoms with Crippen LogP contribution in [0.3, 0.4) is 0 Å². The molecule has 0 radical (unpaired) electrons. The summed E-state index contributed by atoms with van der Waals surface area (Å²) < 4.78 is 5.19. The first-order chi connectivity index (χ1) is 4.42. The molecular formula is C5H9Cl2NO2. The highest BCUT2D eigenvalue weighted by Gasteiger charge is 2.34. The van der Waals surface area contributed by atoms with Gasteiger partial charge in [-0.3, -0.25) is 0 Å². The molecule has 10 heavy (non-hydrogen) atoms. The number of rotatable bonds is 2. The van der Waals surface area contributed by atoms with Crippen molar-refractivity contribution in [2.24, 2.45) is 0 Å². The van der Waals surface area contributed by atoms with Crippen molar-refractivity contribution in [2.75, 3.05) is 7.11 Å². The Kier molecular flexibility index (Phi) is 3.42. The lowest BCUT2D eigenvalue weighted by atomic mass is 10.1. The van der Waals surface area contributed by atoms with Crippen molar-refractivity contribution in [2.45, 2.75) is 19.4 Å². The summed E-state index contributed by atoms with van der Waals surface area (Å²) in [6.07, 6.45) is 0. The predicted octanol–water partition coefficient (Wildman–Crippen LogP) is 1.55. The summed E-state index contributed by atoms with van der Waals surface area (Å²) in [5, 5.41) is 0. The average molecular weight is 186 g/mol. The molecule has 0 fully saturated rings. The summed E-state index contributed by atoms with van der Waals surface area (Å²) in [7, 11) is 1.28. The van der Waals surface area contributed by atoms with Gasteiger partial charge >= 0.3 is 5.97 Å². The molecule has 0 aliphatic carbocycles. The second-order valence-electron chi connectivity index (χ2n) is 2.28. The van der Waals surface area contributed by atoms with E-state index < -0.39 is 11.5 Å². The minimum absolute atomic E-state index is 0.475. The molecule has 5 heteroatoms. The molecule has 0 aromatic carbocycles. The molecule has 0 aromatic heterocycles. The first kappa shape index (κ1) is 10.0. The van der Waals surface area contributed by atoms with Crippen LogP contribution in [0.15, 0.2) is 0 Å². The Hall–Kier alpha value is 0.01000. The number of halogens is 2. The summed E-state index contributed by atoms with van der Waals surface area (Å²) in [5.41, 5.74) is -0.988. The summed E-state index contributed by atoms with van der Waals surface area (Å²) in [4.78, 5) is 10.8. The second kappa shape index (κ2) is 3.42. The van der Waals surface area contributed by atoms with Crippen LogP contribution in [0.4, 0.5) is 0 Å².